The molecule has 1 fully saturated rings. The normalized spacial score (nSPS) is 13.3. The molecule has 0 bridgehead atoms. The zero-order valence-corrected chi connectivity index (χ0v) is 24.6. The summed E-state index contributed by atoms with van der Waals surface area (Å²) in [5.41, 5.74) is 8.18. The maximum absolute atomic E-state index is 13.6. The second-order valence-electron chi connectivity index (χ2n) is 10.4. The van der Waals surface area contributed by atoms with E-state index in [1.807, 2.05) is 24.3 Å². The van der Waals surface area contributed by atoms with E-state index in [9.17, 15) is 22.8 Å². The van der Waals surface area contributed by atoms with Gasteiger partial charge in [0.2, 0.25) is 0 Å². The molecule has 0 atom stereocenters. The Hall–Kier alpha value is -5.24. The fraction of sp³-hybridized carbons (Fsp3) is 0.258. The molecule has 0 spiro atoms. The fourth-order valence-corrected chi connectivity index (χ4v) is 4.85. The number of halogens is 3. The number of benzene rings is 3. The zero-order valence-electron chi connectivity index (χ0n) is 24.6. The molecule has 3 amide bonds. The number of alkyl halides is 3. The van der Waals surface area contributed by atoms with Crippen LogP contribution >= 0.6 is 0 Å². The van der Waals surface area contributed by atoms with E-state index in [0.29, 0.717) is 61.0 Å². The number of nitrogens with one attached hydrogen (secondary N) is 3. The summed E-state index contributed by atoms with van der Waals surface area (Å²) in [6.07, 6.45) is -3.13. The van der Waals surface area contributed by atoms with E-state index < -0.39 is 23.7 Å². The predicted octanol–water partition coefficient (Wildman–Crippen LogP) is 5.58. The highest BCUT2D eigenvalue weighted by Gasteiger charge is 2.32. The minimum atomic E-state index is -4.59. The third-order valence-electron chi connectivity index (χ3n) is 7.23. The van der Waals surface area contributed by atoms with E-state index in [1.165, 1.54) is 24.4 Å². The van der Waals surface area contributed by atoms with Crippen LogP contribution in [0.15, 0.2) is 66.9 Å². The molecule has 0 aliphatic carbocycles. The average molecular weight is 624 g/mol. The first kappa shape index (κ1) is 31.2. The number of nitrogens with zero attached hydrogens (tertiary/aromatic N) is 3. The fourth-order valence-electron chi connectivity index (χ4n) is 4.85. The second-order valence-corrected chi connectivity index (χ2v) is 10.4. The molecule has 4 aromatic rings. The van der Waals surface area contributed by atoms with Gasteiger partial charge in [-0.1, -0.05) is 12.1 Å². The summed E-state index contributed by atoms with van der Waals surface area (Å²) in [5, 5.41) is 12.1. The van der Waals surface area contributed by atoms with Gasteiger partial charge in [-0.05, 0) is 66.6 Å². The topological polar surface area (TPSA) is 136 Å². The maximum atomic E-state index is 13.6. The van der Waals surface area contributed by atoms with Gasteiger partial charge in [0.15, 0.2) is 0 Å². The predicted molar refractivity (Wildman–Crippen MR) is 165 cm³/mol. The standard InChI is InChI=1S/C31H32F3N7O4/c1-19-13-22(37-30(43)38-23-14-21(31(32,33)34)15-24(16-23)40-9-11-45-12-10-40)5-8-26(19)29(42)39-27-17-36-41(28(27)35)18-20-3-6-25(44-2)7-4-20/h3-8,13-17H,9-12,18,35H2,1-2H3,(H,39,42)(H2,37,38,43). The smallest absolute Gasteiger partial charge is 0.416 e. The molecule has 0 unspecified atom stereocenters. The summed E-state index contributed by atoms with van der Waals surface area (Å²) in [6.45, 7) is 3.75. The third-order valence-corrected chi connectivity index (χ3v) is 7.23. The third kappa shape index (κ3) is 7.65. The Labute approximate surface area is 257 Å². The van der Waals surface area contributed by atoms with Crippen LogP contribution in [0, 0.1) is 6.92 Å². The van der Waals surface area contributed by atoms with Crippen LogP contribution in [-0.2, 0) is 17.5 Å². The Balaban J connectivity index is 1.23. The summed E-state index contributed by atoms with van der Waals surface area (Å²) in [4.78, 5) is 27.6. The van der Waals surface area contributed by atoms with Crippen LogP contribution in [0.3, 0.4) is 0 Å². The van der Waals surface area contributed by atoms with Crippen LogP contribution in [0.2, 0.25) is 0 Å². The van der Waals surface area contributed by atoms with Crippen molar-refractivity contribution in [3.05, 3.63) is 89.1 Å². The zero-order chi connectivity index (χ0) is 32.1. The number of carbonyl (C=O) groups is 2. The number of carbonyl (C=O) groups excluding carboxylic acids is 2. The number of ether oxygens (including phenoxy) is 2. The summed E-state index contributed by atoms with van der Waals surface area (Å²) in [5.74, 6) is 0.572. The number of methoxy groups -OCH3 is 1. The molecule has 1 aromatic heterocycles. The van der Waals surface area contributed by atoms with Gasteiger partial charge in [-0.15, -0.1) is 0 Å². The van der Waals surface area contributed by atoms with Crippen LogP contribution in [0.25, 0.3) is 0 Å². The summed E-state index contributed by atoms with van der Waals surface area (Å²) < 4.78 is 52.8. The molecule has 5 N–H and O–H groups in total. The molecule has 1 aliphatic rings. The lowest BCUT2D eigenvalue weighted by Crippen LogP contribution is -2.36. The van der Waals surface area contributed by atoms with E-state index in [4.69, 9.17) is 15.2 Å². The summed E-state index contributed by atoms with van der Waals surface area (Å²) in [7, 11) is 1.59. The van der Waals surface area contributed by atoms with Crippen LogP contribution in [-0.4, -0.2) is 55.1 Å². The molecule has 0 radical (unpaired) electrons. The van der Waals surface area contributed by atoms with Gasteiger partial charge in [0.05, 0.1) is 38.6 Å². The Morgan fingerprint density at radius 3 is 2.36 bits per heavy atom. The van der Waals surface area contributed by atoms with Crippen LogP contribution in [0.5, 0.6) is 5.75 Å². The van der Waals surface area contributed by atoms with Gasteiger partial charge in [-0.25, -0.2) is 9.48 Å². The summed E-state index contributed by atoms with van der Waals surface area (Å²) in [6, 6.07) is 14.7. The number of aryl methyl sites for hydroxylation is 1. The molecule has 1 aliphatic heterocycles. The van der Waals surface area contributed by atoms with Crippen LogP contribution in [0.4, 0.5) is 46.5 Å². The molecule has 0 saturated carbocycles. The lowest BCUT2D eigenvalue weighted by Gasteiger charge is -2.29. The number of morpholine rings is 1. The molecule has 45 heavy (non-hydrogen) atoms. The van der Waals surface area contributed by atoms with Crippen molar-refractivity contribution in [2.75, 3.05) is 60.0 Å². The van der Waals surface area contributed by atoms with Crippen molar-refractivity contribution in [2.45, 2.75) is 19.6 Å². The molecule has 5 rings (SSSR count). The molecule has 14 heteroatoms. The number of hydrogen-bond acceptors (Lipinski definition) is 7. The summed E-state index contributed by atoms with van der Waals surface area (Å²) >= 11 is 0. The van der Waals surface area contributed by atoms with E-state index in [-0.39, 0.29) is 11.5 Å². The number of aromatic nitrogens is 2. The van der Waals surface area contributed by atoms with Gasteiger partial charge >= 0.3 is 12.2 Å². The van der Waals surface area contributed by atoms with Crippen molar-refractivity contribution in [3.63, 3.8) is 0 Å². The van der Waals surface area contributed by atoms with Gasteiger partial charge in [-0.3, -0.25) is 4.79 Å². The van der Waals surface area contributed by atoms with Gasteiger partial charge in [0, 0.05) is 35.7 Å². The largest absolute Gasteiger partial charge is 0.497 e. The Morgan fingerprint density at radius 1 is 0.978 bits per heavy atom. The first-order valence-corrected chi connectivity index (χ1v) is 14.0. The molecule has 11 nitrogen and oxygen atoms in total. The lowest BCUT2D eigenvalue weighted by atomic mass is 10.1. The average Bonchev–Trinajstić information content (AvgIpc) is 3.35. The molecule has 236 valence electrons. The minimum Gasteiger partial charge on any atom is -0.497 e. The SMILES string of the molecule is COc1ccc(Cn2ncc(NC(=O)c3ccc(NC(=O)Nc4cc(N5CCOCC5)cc(C(F)(F)F)c4)cc3C)c2N)cc1. The van der Waals surface area contributed by atoms with Crippen molar-refractivity contribution in [2.24, 2.45) is 0 Å². The first-order valence-electron chi connectivity index (χ1n) is 14.0. The minimum absolute atomic E-state index is 0.0123. The van der Waals surface area contributed by atoms with Gasteiger partial charge < -0.3 is 36.1 Å². The number of hydrogen-bond donors (Lipinski definition) is 4. The Morgan fingerprint density at radius 2 is 1.69 bits per heavy atom. The van der Waals surface area contributed by atoms with E-state index in [2.05, 4.69) is 21.0 Å². The monoisotopic (exact) mass is 623 g/mol. The van der Waals surface area contributed by atoms with Gasteiger partial charge in [-0.2, -0.15) is 18.3 Å². The Kier molecular flexibility index (Phi) is 9.13. The van der Waals surface area contributed by atoms with Crippen molar-refractivity contribution in [3.8, 4) is 5.75 Å². The number of amides is 3. The van der Waals surface area contributed by atoms with Crippen molar-refractivity contribution in [1.82, 2.24) is 9.78 Å². The number of rotatable bonds is 8. The molecular formula is C31H32F3N7O4. The maximum Gasteiger partial charge on any atom is 0.416 e. The lowest BCUT2D eigenvalue weighted by molar-refractivity contribution is -0.137. The Bertz CT molecular complexity index is 1680. The second kappa shape index (κ2) is 13.2. The highest BCUT2D eigenvalue weighted by atomic mass is 19.4. The van der Waals surface area contributed by atoms with E-state index in [0.717, 1.165) is 23.4 Å². The van der Waals surface area contributed by atoms with Crippen LogP contribution < -0.4 is 31.3 Å². The number of urea groups is 1. The van der Waals surface area contributed by atoms with Crippen molar-refractivity contribution < 1.29 is 32.2 Å². The molecule has 1 saturated heterocycles. The van der Waals surface area contributed by atoms with Gasteiger partial charge in [0.25, 0.3) is 5.91 Å². The van der Waals surface area contributed by atoms with Crippen molar-refractivity contribution >= 4 is 40.5 Å². The van der Waals surface area contributed by atoms with Gasteiger partial charge in [0.1, 0.15) is 17.3 Å². The highest BCUT2D eigenvalue weighted by Crippen LogP contribution is 2.35. The number of nitrogens with two attached hydrogens (primary N) is 1. The molecule has 2 heterocycles. The highest BCUT2D eigenvalue weighted by molar-refractivity contribution is 6.07. The molecular weight excluding hydrogens is 591 g/mol. The quantitative estimate of drug-likeness (QED) is 0.201. The van der Waals surface area contributed by atoms with E-state index in [1.54, 1.807) is 29.7 Å². The number of anilines is 5. The van der Waals surface area contributed by atoms with E-state index >= 15 is 0 Å². The number of nitrogen functional groups attached to an aromatic ring is 1. The molecule has 3 aromatic carbocycles. The first-order chi connectivity index (χ1) is 21.5. The van der Waals surface area contributed by atoms with Crippen molar-refractivity contribution in [1.29, 1.82) is 0 Å². The van der Waals surface area contributed by atoms with Crippen LogP contribution in [0.1, 0.15) is 27.0 Å².